The second kappa shape index (κ2) is 8.09. The highest BCUT2D eigenvalue weighted by Gasteiger charge is 2.33. The maximum absolute atomic E-state index is 12.8. The van der Waals surface area contributed by atoms with Gasteiger partial charge in [-0.1, -0.05) is 19.9 Å². The van der Waals surface area contributed by atoms with Gasteiger partial charge in [0.15, 0.2) is 0 Å². The van der Waals surface area contributed by atoms with Crippen LogP contribution < -0.4 is 10.6 Å². The molecule has 0 radical (unpaired) electrons. The number of hydrogen-bond donors (Lipinski definition) is 3. The van der Waals surface area contributed by atoms with E-state index in [9.17, 15) is 9.59 Å². The number of carbonyl (C=O) groups excluding carboxylic acids is 2. The summed E-state index contributed by atoms with van der Waals surface area (Å²) in [5.74, 6) is -0.173. The summed E-state index contributed by atoms with van der Waals surface area (Å²) in [5, 5.41) is 13.1. The van der Waals surface area contributed by atoms with Gasteiger partial charge in [-0.25, -0.2) is 0 Å². The molecule has 1 aliphatic heterocycles. The summed E-state index contributed by atoms with van der Waals surface area (Å²) in [6.45, 7) is 5.92. The lowest BCUT2D eigenvalue weighted by atomic mass is 10.1. The van der Waals surface area contributed by atoms with Crippen molar-refractivity contribution < 1.29 is 9.59 Å². The van der Waals surface area contributed by atoms with Crippen molar-refractivity contribution in [3.8, 4) is 0 Å². The Bertz CT molecular complexity index is 758. The topological polar surface area (TPSA) is 103 Å². The molecule has 2 aromatic rings. The number of rotatable bonds is 5. The van der Waals surface area contributed by atoms with Gasteiger partial charge in [0.2, 0.25) is 5.91 Å². The summed E-state index contributed by atoms with van der Waals surface area (Å²) in [6.07, 6.45) is 1.68. The van der Waals surface area contributed by atoms with E-state index in [0.717, 1.165) is 11.4 Å². The standard InChI is InChI=1S/C18H24N6O2/c1-12(2)14-9-15(23-22-14)18(26)24-8-7-19-11-16(24)17(25)21-10-13-5-3-4-6-20-13/h3-6,9,12,16,19H,7-8,10-11H2,1-2H3,(H,21,25)(H,22,23). The summed E-state index contributed by atoms with van der Waals surface area (Å²) in [5.41, 5.74) is 2.02. The SMILES string of the molecule is CC(C)c1cc(C(=O)N2CCNCC2C(=O)NCc2ccccn2)n[nH]1. The van der Waals surface area contributed by atoms with E-state index in [1.54, 1.807) is 17.2 Å². The molecular formula is C18H24N6O2. The highest BCUT2D eigenvalue weighted by molar-refractivity contribution is 5.96. The fraction of sp³-hybridized carbons (Fsp3) is 0.444. The Hall–Kier alpha value is -2.74. The Kier molecular flexibility index (Phi) is 5.62. The summed E-state index contributed by atoms with van der Waals surface area (Å²) in [4.78, 5) is 31.3. The average Bonchev–Trinajstić information content (AvgIpc) is 3.17. The Morgan fingerprint density at radius 3 is 2.92 bits per heavy atom. The van der Waals surface area contributed by atoms with Crippen LogP contribution in [0.5, 0.6) is 0 Å². The van der Waals surface area contributed by atoms with Crippen molar-refractivity contribution in [3.63, 3.8) is 0 Å². The van der Waals surface area contributed by atoms with Gasteiger partial charge < -0.3 is 15.5 Å². The fourth-order valence-electron chi connectivity index (χ4n) is 2.87. The lowest BCUT2D eigenvalue weighted by Crippen LogP contribution is -2.59. The van der Waals surface area contributed by atoms with Crippen LogP contribution in [-0.4, -0.2) is 57.6 Å². The maximum Gasteiger partial charge on any atom is 0.275 e. The van der Waals surface area contributed by atoms with Crippen molar-refractivity contribution in [2.24, 2.45) is 0 Å². The molecule has 0 bridgehead atoms. The first-order valence-corrected chi connectivity index (χ1v) is 8.81. The minimum absolute atomic E-state index is 0.198. The minimum atomic E-state index is -0.570. The van der Waals surface area contributed by atoms with Crippen molar-refractivity contribution in [2.75, 3.05) is 19.6 Å². The zero-order chi connectivity index (χ0) is 18.5. The number of pyridine rings is 1. The molecule has 0 aliphatic carbocycles. The molecule has 3 heterocycles. The van der Waals surface area contributed by atoms with Crippen molar-refractivity contribution in [1.82, 2.24) is 30.7 Å². The molecule has 8 nitrogen and oxygen atoms in total. The van der Waals surface area contributed by atoms with Gasteiger partial charge in [0.25, 0.3) is 5.91 Å². The summed E-state index contributed by atoms with van der Waals surface area (Å²) >= 11 is 0. The third kappa shape index (κ3) is 4.08. The predicted molar refractivity (Wildman–Crippen MR) is 96.5 cm³/mol. The molecule has 2 aromatic heterocycles. The first kappa shape index (κ1) is 18.1. The molecule has 1 saturated heterocycles. The van der Waals surface area contributed by atoms with E-state index in [-0.39, 0.29) is 17.7 Å². The predicted octanol–water partition coefficient (Wildman–Crippen LogP) is 0.659. The lowest BCUT2D eigenvalue weighted by molar-refractivity contribution is -0.126. The van der Waals surface area contributed by atoms with Crippen molar-refractivity contribution in [1.29, 1.82) is 0 Å². The summed E-state index contributed by atoms with van der Waals surface area (Å²) < 4.78 is 0. The third-order valence-corrected chi connectivity index (χ3v) is 4.42. The van der Waals surface area contributed by atoms with Gasteiger partial charge in [-0.15, -0.1) is 0 Å². The quantitative estimate of drug-likeness (QED) is 0.730. The number of hydrogen-bond acceptors (Lipinski definition) is 5. The van der Waals surface area contributed by atoms with Crippen LogP contribution in [0.15, 0.2) is 30.5 Å². The second-order valence-corrected chi connectivity index (χ2v) is 6.62. The van der Waals surface area contributed by atoms with Crippen LogP contribution in [-0.2, 0) is 11.3 Å². The number of aromatic amines is 1. The summed E-state index contributed by atoms with van der Waals surface area (Å²) in [7, 11) is 0. The number of H-pyrrole nitrogens is 1. The first-order valence-electron chi connectivity index (χ1n) is 8.81. The van der Waals surface area contributed by atoms with E-state index in [2.05, 4.69) is 25.8 Å². The molecule has 3 rings (SSSR count). The van der Waals surface area contributed by atoms with Crippen LogP contribution in [0.25, 0.3) is 0 Å². The average molecular weight is 356 g/mol. The van der Waals surface area contributed by atoms with Crippen LogP contribution in [0.3, 0.4) is 0 Å². The number of aromatic nitrogens is 3. The minimum Gasteiger partial charge on any atom is -0.349 e. The molecule has 0 spiro atoms. The highest BCUT2D eigenvalue weighted by atomic mass is 16.2. The smallest absolute Gasteiger partial charge is 0.275 e. The van der Waals surface area contributed by atoms with Crippen LogP contribution in [0.4, 0.5) is 0 Å². The fourth-order valence-corrected chi connectivity index (χ4v) is 2.87. The molecule has 1 fully saturated rings. The number of nitrogens with zero attached hydrogens (tertiary/aromatic N) is 3. The summed E-state index contributed by atoms with van der Waals surface area (Å²) in [6, 6.07) is 6.74. The van der Waals surface area contributed by atoms with Gasteiger partial charge >= 0.3 is 0 Å². The molecule has 26 heavy (non-hydrogen) atoms. The van der Waals surface area contributed by atoms with Gasteiger partial charge in [-0.2, -0.15) is 5.10 Å². The van der Waals surface area contributed by atoms with Crippen molar-refractivity contribution in [2.45, 2.75) is 32.4 Å². The second-order valence-electron chi connectivity index (χ2n) is 6.62. The monoisotopic (exact) mass is 356 g/mol. The number of nitrogens with one attached hydrogen (secondary N) is 3. The van der Waals surface area contributed by atoms with E-state index < -0.39 is 6.04 Å². The molecule has 0 aromatic carbocycles. The molecular weight excluding hydrogens is 332 g/mol. The zero-order valence-corrected chi connectivity index (χ0v) is 15.0. The van der Waals surface area contributed by atoms with Crippen LogP contribution in [0, 0.1) is 0 Å². The zero-order valence-electron chi connectivity index (χ0n) is 15.0. The normalized spacial score (nSPS) is 17.3. The largest absolute Gasteiger partial charge is 0.349 e. The van der Waals surface area contributed by atoms with Crippen molar-refractivity contribution in [3.05, 3.63) is 47.5 Å². The molecule has 1 unspecified atom stereocenters. The molecule has 3 N–H and O–H groups in total. The first-order chi connectivity index (χ1) is 12.6. The number of amides is 2. The highest BCUT2D eigenvalue weighted by Crippen LogP contribution is 2.15. The molecule has 1 atom stereocenters. The van der Waals surface area contributed by atoms with Crippen LogP contribution in [0.1, 0.15) is 41.6 Å². The molecule has 8 heteroatoms. The number of piperazine rings is 1. The van der Waals surface area contributed by atoms with Crippen molar-refractivity contribution >= 4 is 11.8 Å². The maximum atomic E-state index is 12.8. The Balaban J connectivity index is 1.68. The van der Waals surface area contributed by atoms with Gasteiger partial charge in [0, 0.05) is 31.5 Å². The van der Waals surface area contributed by atoms with E-state index in [1.165, 1.54) is 0 Å². The third-order valence-electron chi connectivity index (χ3n) is 4.42. The lowest BCUT2D eigenvalue weighted by Gasteiger charge is -2.34. The van der Waals surface area contributed by atoms with E-state index in [4.69, 9.17) is 0 Å². The Morgan fingerprint density at radius 1 is 1.38 bits per heavy atom. The van der Waals surface area contributed by atoms with E-state index in [1.807, 2.05) is 32.0 Å². The Morgan fingerprint density at radius 2 is 2.23 bits per heavy atom. The van der Waals surface area contributed by atoms with E-state index in [0.29, 0.717) is 31.9 Å². The van der Waals surface area contributed by atoms with Crippen LogP contribution >= 0.6 is 0 Å². The molecule has 0 saturated carbocycles. The molecule has 1 aliphatic rings. The molecule has 138 valence electrons. The van der Waals surface area contributed by atoms with Gasteiger partial charge in [0.05, 0.1) is 12.2 Å². The van der Waals surface area contributed by atoms with Gasteiger partial charge in [-0.05, 0) is 24.1 Å². The number of carbonyl (C=O) groups is 2. The van der Waals surface area contributed by atoms with Gasteiger partial charge in [-0.3, -0.25) is 19.7 Å². The van der Waals surface area contributed by atoms with Gasteiger partial charge in [0.1, 0.15) is 11.7 Å². The Labute approximate surface area is 152 Å². The van der Waals surface area contributed by atoms with Crippen LogP contribution in [0.2, 0.25) is 0 Å². The molecule has 2 amide bonds. The van der Waals surface area contributed by atoms with E-state index >= 15 is 0 Å².